The number of nitrogens with zero attached hydrogens (tertiary/aromatic N) is 2. The maximum absolute atomic E-state index is 11.5. The van der Waals surface area contributed by atoms with Gasteiger partial charge in [-0.05, 0) is 13.8 Å². The predicted molar refractivity (Wildman–Crippen MR) is 49.5 cm³/mol. The summed E-state index contributed by atoms with van der Waals surface area (Å²) in [6.07, 6.45) is 0. The normalized spacial score (nSPS) is 22.9. The maximum Gasteiger partial charge on any atom is 0.312 e. The fourth-order valence-corrected chi connectivity index (χ4v) is 1.53. The van der Waals surface area contributed by atoms with E-state index in [9.17, 15) is 14.4 Å². The van der Waals surface area contributed by atoms with Crippen molar-refractivity contribution in [3.63, 3.8) is 0 Å². The minimum atomic E-state index is -0.582. The summed E-state index contributed by atoms with van der Waals surface area (Å²) in [7, 11) is 1.59. The average Bonchev–Trinajstić information content (AvgIpc) is 2.09. The third kappa shape index (κ3) is 1.92. The van der Waals surface area contributed by atoms with Crippen molar-refractivity contribution in [2.75, 3.05) is 20.1 Å². The molecule has 5 heteroatoms. The van der Waals surface area contributed by atoms with Crippen LogP contribution in [0.4, 0.5) is 0 Å². The number of piperazine rings is 1. The molecule has 0 aromatic heterocycles. The molecular weight excluding hydrogens is 184 g/mol. The van der Waals surface area contributed by atoms with Crippen LogP contribution in [0.2, 0.25) is 0 Å². The van der Waals surface area contributed by atoms with Gasteiger partial charge in [0.25, 0.3) is 0 Å². The molecule has 1 aliphatic heterocycles. The SMILES string of the molecule is CC(=O)CN1C(=O)C(=O)N(C)CC1C. The highest BCUT2D eigenvalue weighted by atomic mass is 16.2. The van der Waals surface area contributed by atoms with E-state index >= 15 is 0 Å². The fraction of sp³-hybridized carbons (Fsp3) is 0.667. The van der Waals surface area contributed by atoms with E-state index in [1.165, 1.54) is 16.7 Å². The number of hydrogen-bond donors (Lipinski definition) is 0. The smallest absolute Gasteiger partial charge is 0.312 e. The van der Waals surface area contributed by atoms with Crippen molar-refractivity contribution in [2.24, 2.45) is 0 Å². The van der Waals surface area contributed by atoms with Crippen LogP contribution in [0, 0.1) is 0 Å². The molecule has 0 bridgehead atoms. The molecule has 0 aromatic rings. The van der Waals surface area contributed by atoms with E-state index in [2.05, 4.69) is 0 Å². The maximum atomic E-state index is 11.5. The summed E-state index contributed by atoms with van der Waals surface area (Å²) in [6.45, 7) is 3.74. The van der Waals surface area contributed by atoms with Gasteiger partial charge in [-0.1, -0.05) is 0 Å². The molecule has 0 radical (unpaired) electrons. The van der Waals surface area contributed by atoms with Crippen LogP contribution in [0.25, 0.3) is 0 Å². The summed E-state index contributed by atoms with van der Waals surface area (Å²) in [5, 5.41) is 0. The van der Waals surface area contributed by atoms with Gasteiger partial charge in [0.1, 0.15) is 5.78 Å². The first-order valence-electron chi connectivity index (χ1n) is 4.49. The Hall–Kier alpha value is -1.39. The molecule has 1 unspecified atom stereocenters. The zero-order chi connectivity index (χ0) is 10.9. The summed E-state index contributed by atoms with van der Waals surface area (Å²) in [5.74, 6) is -1.23. The Balaban J connectivity index is 2.79. The molecule has 1 saturated heterocycles. The van der Waals surface area contributed by atoms with Crippen LogP contribution in [0.15, 0.2) is 0 Å². The van der Waals surface area contributed by atoms with Gasteiger partial charge in [0.15, 0.2) is 0 Å². The Morgan fingerprint density at radius 1 is 1.43 bits per heavy atom. The molecule has 0 N–H and O–H groups in total. The molecule has 0 aromatic carbocycles. The molecule has 0 spiro atoms. The Kier molecular flexibility index (Phi) is 2.88. The number of ketones is 1. The van der Waals surface area contributed by atoms with Crippen LogP contribution >= 0.6 is 0 Å². The van der Waals surface area contributed by atoms with Gasteiger partial charge >= 0.3 is 11.8 Å². The number of Topliss-reactive ketones (excluding diaryl/α,β-unsaturated/α-hetero) is 1. The van der Waals surface area contributed by atoms with Gasteiger partial charge in [0, 0.05) is 19.6 Å². The van der Waals surface area contributed by atoms with Crippen LogP contribution in [0.3, 0.4) is 0 Å². The molecule has 0 aliphatic carbocycles. The van der Waals surface area contributed by atoms with E-state index in [0.29, 0.717) is 6.54 Å². The first kappa shape index (κ1) is 10.7. The molecule has 1 atom stereocenters. The molecule has 1 aliphatic rings. The Morgan fingerprint density at radius 2 is 2.00 bits per heavy atom. The lowest BCUT2D eigenvalue weighted by molar-refractivity contribution is -0.158. The Labute approximate surface area is 82.7 Å². The van der Waals surface area contributed by atoms with E-state index in [1.54, 1.807) is 7.05 Å². The zero-order valence-electron chi connectivity index (χ0n) is 8.61. The lowest BCUT2D eigenvalue weighted by atomic mass is 10.1. The molecule has 1 fully saturated rings. The average molecular weight is 198 g/mol. The number of carbonyl (C=O) groups is 3. The molecule has 78 valence electrons. The highest BCUT2D eigenvalue weighted by molar-refractivity contribution is 6.35. The van der Waals surface area contributed by atoms with Gasteiger partial charge in [-0.15, -0.1) is 0 Å². The molecular formula is C9H14N2O3. The largest absolute Gasteiger partial charge is 0.335 e. The van der Waals surface area contributed by atoms with E-state index in [1.807, 2.05) is 6.92 Å². The zero-order valence-corrected chi connectivity index (χ0v) is 8.61. The monoisotopic (exact) mass is 198 g/mol. The summed E-state index contributed by atoms with van der Waals surface area (Å²) in [4.78, 5) is 36.3. The van der Waals surface area contributed by atoms with Crippen LogP contribution in [0.1, 0.15) is 13.8 Å². The quantitative estimate of drug-likeness (QED) is 0.549. The standard InChI is InChI=1S/C9H14N2O3/c1-6-4-10(3)8(13)9(14)11(6)5-7(2)12/h6H,4-5H2,1-3H3. The molecule has 1 heterocycles. The topological polar surface area (TPSA) is 57.7 Å². The van der Waals surface area contributed by atoms with E-state index in [0.717, 1.165) is 0 Å². The number of hydrogen-bond acceptors (Lipinski definition) is 3. The van der Waals surface area contributed by atoms with Gasteiger partial charge < -0.3 is 9.80 Å². The lowest BCUT2D eigenvalue weighted by Gasteiger charge is -2.36. The highest BCUT2D eigenvalue weighted by Crippen LogP contribution is 2.09. The number of rotatable bonds is 2. The summed E-state index contributed by atoms with van der Waals surface area (Å²) < 4.78 is 0. The molecule has 5 nitrogen and oxygen atoms in total. The van der Waals surface area contributed by atoms with Crippen molar-refractivity contribution in [3.8, 4) is 0 Å². The Morgan fingerprint density at radius 3 is 2.50 bits per heavy atom. The molecule has 0 saturated carbocycles. The molecule has 14 heavy (non-hydrogen) atoms. The third-order valence-electron chi connectivity index (χ3n) is 2.25. The minimum Gasteiger partial charge on any atom is -0.335 e. The molecule has 2 amide bonds. The van der Waals surface area contributed by atoms with Gasteiger partial charge in [-0.25, -0.2) is 0 Å². The first-order chi connectivity index (χ1) is 6.43. The highest BCUT2D eigenvalue weighted by Gasteiger charge is 2.35. The van der Waals surface area contributed by atoms with Gasteiger partial charge in [0.05, 0.1) is 6.54 Å². The number of likely N-dealkylation sites (N-methyl/N-ethyl adjacent to an activating group) is 1. The first-order valence-corrected chi connectivity index (χ1v) is 4.49. The van der Waals surface area contributed by atoms with Crippen molar-refractivity contribution in [1.82, 2.24) is 9.80 Å². The van der Waals surface area contributed by atoms with Crippen molar-refractivity contribution < 1.29 is 14.4 Å². The second-order valence-corrected chi connectivity index (χ2v) is 3.67. The summed E-state index contributed by atoms with van der Waals surface area (Å²) >= 11 is 0. The third-order valence-corrected chi connectivity index (χ3v) is 2.25. The number of carbonyl (C=O) groups excluding carboxylic acids is 3. The van der Waals surface area contributed by atoms with E-state index in [4.69, 9.17) is 0 Å². The van der Waals surface area contributed by atoms with Crippen LogP contribution < -0.4 is 0 Å². The van der Waals surface area contributed by atoms with Gasteiger partial charge in [-0.3, -0.25) is 14.4 Å². The number of amides is 2. The van der Waals surface area contributed by atoms with E-state index < -0.39 is 11.8 Å². The van der Waals surface area contributed by atoms with Crippen LogP contribution in [0.5, 0.6) is 0 Å². The fourth-order valence-electron chi connectivity index (χ4n) is 1.53. The van der Waals surface area contributed by atoms with Crippen LogP contribution in [-0.4, -0.2) is 53.6 Å². The van der Waals surface area contributed by atoms with Crippen molar-refractivity contribution in [2.45, 2.75) is 19.9 Å². The van der Waals surface area contributed by atoms with Crippen molar-refractivity contribution >= 4 is 17.6 Å². The lowest BCUT2D eigenvalue weighted by Crippen LogP contribution is -2.58. The summed E-state index contributed by atoms with van der Waals surface area (Å²) in [5.41, 5.74) is 0. The predicted octanol–water partition coefficient (Wildman–Crippen LogP) is -0.735. The second-order valence-electron chi connectivity index (χ2n) is 3.67. The van der Waals surface area contributed by atoms with Crippen molar-refractivity contribution in [3.05, 3.63) is 0 Å². The van der Waals surface area contributed by atoms with Crippen molar-refractivity contribution in [1.29, 1.82) is 0 Å². The van der Waals surface area contributed by atoms with Gasteiger partial charge in [0.2, 0.25) is 0 Å². The van der Waals surface area contributed by atoms with Gasteiger partial charge in [-0.2, -0.15) is 0 Å². The van der Waals surface area contributed by atoms with E-state index in [-0.39, 0.29) is 18.4 Å². The molecule has 1 rings (SSSR count). The van der Waals surface area contributed by atoms with Crippen LogP contribution in [-0.2, 0) is 14.4 Å². The Bertz CT molecular complexity index is 288. The second kappa shape index (κ2) is 3.77. The minimum absolute atomic E-state index is 0.0274. The summed E-state index contributed by atoms with van der Waals surface area (Å²) in [6, 6.07) is -0.0888.